The number of nitrogens with one attached hydrogen (secondary N) is 1. The summed E-state index contributed by atoms with van der Waals surface area (Å²) in [6, 6.07) is 15.7. The van der Waals surface area contributed by atoms with Crippen LogP contribution in [0.5, 0.6) is 0 Å². The molecule has 1 amide bonds. The number of fused-ring (bicyclic) bond motifs is 1. The highest BCUT2D eigenvalue weighted by Crippen LogP contribution is 2.30. The molecular weight excluding hydrogens is 531 g/mol. The fourth-order valence-electron chi connectivity index (χ4n) is 4.31. The average molecular weight is 552 g/mol. The molecule has 0 aliphatic rings. The van der Waals surface area contributed by atoms with Crippen molar-refractivity contribution >= 4 is 40.0 Å². The van der Waals surface area contributed by atoms with Gasteiger partial charge in [-0.2, -0.15) is 5.10 Å². The van der Waals surface area contributed by atoms with Crippen LogP contribution in [0, 0.1) is 25.5 Å². The number of carbonyl (C=O) groups excluding carboxylic acids is 1. The quantitative estimate of drug-likeness (QED) is 0.258. The molecule has 0 saturated carbocycles. The molecule has 0 spiro atoms. The molecule has 1 unspecified atom stereocenters. The van der Waals surface area contributed by atoms with E-state index in [1.165, 1.54) is 29.2 Å². The van der Waals surface area contributed by atoms with Crippen molar-refractivity contribution in [1.29, 1.82) is 0 Å². The van der Waals surface area contributed by atoms with E-state index in [0.29, 0.717) is 28.2 Å². The number of aryl methyl sites for hydroxylation is 2. The third-order valence-electron chi connectivity index (χ3n) is 6.25. The number of hydrogen-bond donors (Lipinski definition) is 1. The van der Waals surface area contributed by atoms with Crippen LogP contribution < -0.4 is 5.32 Å². The maximum absolute atomic E-state index is 14.6. The summed E-state index contributed by atoms with van der Waals surface area (Å²) in [6.45, 7) is 3.65. The van der Waals surface area contributed by atoms with Crippen molar-refractivity contribution in [1.82, 2.24) is 25.1 Å². The molecule has 6 nitrogen and oxygen atoms in total. The zero-order valence-electron chi connectivity index (χ0n) is 20.3. The van der Waals surface area contributed by atoms with Crippen molar-refractivity contribution in [2.45, 2.75) is 19.8 Å². The van der Waals surface area contributed by atoms with E-state index in [9.17, 15) is 13.6 Å². The van der Waals surface area contributed by atoms with Gasteiger partial charge in [-0.15, -0.1) is 0 Å². The summed E-state index contributed by atoms with van der Waals surface area (Å²) in [5, 5.41) is 7.99. The van der Waals surface area contributed by atoms with Gasteiger partial charge in [0, 0.05) is 17.8 Å². The summed E-state index contributed by atoms with van der Waals surface area (Å²) in [6.07, 6.45) is 1.52. The number of rotatable bonds is 6. The molecule has 10 heteroatoms. The number of nitrogens with zero attached hydrogens (tertiary/aromatic N) is 4. The Kier molecular flexibility index (Phi) is 7.10. The highest BCUT2D eigenvalue weighted by atomic mass is 35.5. The number of amides is 1. The van der Waals surface area contributed by atoms with E-state index in [4.69, 9.17) is 23.2 Å². The second-order valence-corrected chi connectivity index (χ2v) is 9.65. The summed E-state index contributed by atoms with van der Waals surface area (Å²) in [7, 11) is 0. The Labute approximate surface area is 227 Å². The normalized spacial score (nSPS) is 12.1. The minimum atomic E-state index is -0.575. The van der Waals surface area contributed by atoms with Gasteiger partial charge in [0.05, 0.1) is 27.0 Å². The van der Waals surface area contributed by atoms with Crippen LogP contribution in [-0.4, -0.2) is 32.2 Å². The summed E-state index contributed by atoms with van der Waals surface area (Å²) in [5.41, 5.74) is 2.76. The van der Waals surface area contributed by atoms with Crippen molar-refractivity contribution in [2.75, 3.05) is 6.54 Å². The van der Waals surface area contributed by atoms with Crippen LogP contribution >= 0.6 is 23.2 Å². The number of benzene rings is 3. The summed E-state index contributed by atoms with van der Waals surface area (Å²) in [4.78, 5) is 21.9. The van der Waals surface area contributed by atoms with E-state index in [1.54, 1.807) is 49.4 Å². The van der Waals surface area contributed by atoms with E-state index in [2.05, 4.69) is 20.4 Å². The molecule has 0 aliphatic carbocycles. The van der Waals surface area contributed by atoms with Crippen molar-refractivity contribution in [2.24, 2.45) is 0 Å². The van der Waals surface area contributed by atoms with E-state index in [1.807, 2.05) is 6.92 Å². The van der Waals surface area contributed by atoms with E-state index < -0.39 is 23.5 Å². The van der Waals surface area contributed by atoms with E-state index in [-0.39, 0.29) is 27.7 Å². The Balaban J connectivity index is 1.47. The molecule has 3 aromatic carbocycles. The molecule has 1 atom stereocenters. The first-order valence-corrected chi connectivity index (χ1v) is 12.4. The largest absolute Gasteiger partial charge is 0.351 e. The van der Waals surface area contributed by atoms with Crippen LogP contribution in [0.1, 0.15) is 38.9 Å². The monoisotopic (exact) mass is 551 g/mol. The Morgan fingerprint density at radius 3 is 2.47 bits per heavy atom. The fourth-order valence-corrected chi connectivity index (χ4v) is 4.96. The molecule has 192 valence electrons. The number of aromatic nitrogens is 4. The number of halogens is 4. The summed E-state index contributed by atoms with van der Waals surface area (Å²) >= 11 is 12.9. The van der Waals surface area contributed by atoms with Crippen molar-refractivity contribution < 1.29 is 13.6 Å². The molecule has 0 aliphatic heterocycles. The van der Waals surface area contributed by atoms with Crippen molar-refractivity contribution in [3.8, 4) is 5.69 Å². The van der Waals surface area contributed by atoms with Crippen molar-refractivity contribution in [3.05, 3.63) is 117 Å². The topological polar surface area (TPSA) is 72.7 Å². The van der Waals surface area contributed by atoms with Gasteiger partial charge in [-0.1, -0.05) is 47.5 Å². The minimum Gasteiger partial charge on any atom is -0.351 e. The molecule has 2 aromatic heterocycles. The van der Waals surface area contributed by atoms with Gasteiger partial charge in [0.15, 0.2) is 0 Å². The molecule has 0 saturated heterocycles. The van der Waals surface area contributed by atoms with E-state index in [0.717, 1.165) is 5.56 Å². The second-order valence-electron chi connectivity index (χ2n) is 8.83. The minimum absolute atomic E-state index is 0.0326. The lowest BCUT2D eigenvalue weighted by Gasteiger charge is -2.19. The molecule has 5 rings (SSSR count). The summed E-state index contributed by atoms with van der Waals surface area (Å²) < 4.78 is 30.3. The fraction of sp³-hybridized carbons (Fsp3) is 0.143. The number of pyridine rings is 1. The van der Waals surface area contributed by atoms with Gasteiger partial charge in [-0.05, 0) is 61.4 Å². The maximum Gasteiger partial charge on any atom is 0.254 e. The van der Waals surface area contributed by atoms with Gasteiger partial charge >= 0.3 is 0 Å². The van der Waals surface area contributed by atoms with Gasteiger partial charge in [0.25, 0.3) is 5.91 Å². The molecule has 0 radical (unpaired) electrons. The van der Waals surface area contributed by atoms with Crippen LogP contribution in [0.3, 0.4) is 0 Å². The van der Waals surface area contributed by atoms with E-state index >= 15 is 0 Å². The van der Waals surface area contributed by atoms with Gasteiger partial charge in [-0.3, -0.25) is 4.79 Å². The van der Waals surface area contributed by atoms with Gasteiger partial charge < -0.3 is 5.32 Å². The first-order chi connectivity index (χ1) is 18.2. The Bertz CT molecular complexity index is 1660. The molecule has 38 heavy (non-hydrogen) atoms. The molecule has 5 aromatic rings. The van der Waals surface area contributed by atoms with Crippen LogP contribution in [0.15, 0.2) is 67.0 Å². The van der Waals surface area contributed by atoms with Crippen LogP contribution in [-0.2, 0) is 0 Å². The highest BCUT2D eigenvalue weighted by molar-refractivity contribution is 6.40. The number of carbonyl (C=O) groups is 1. The summed E-state index contributed by atoms with van der Waals surface area (Å²) in [5.74, 6) is -1.43. The maximum atomic E-state index is 14.6. The highest BCUT2D eigenvalue weighted by Gasteiger charge is 2.22. The molecule has 0 fully saturated rings. The molecule has 2 heterocycles. The van der Waals surface area contributed by atoms with Gasteiger partial charge in [0.2, 0.25) is 0 Å². The molecular formula is C28H21Cl2F2N5O. The Morgan fingerprint density at radius 2 is 1.79 bits per heavy atom. The second kappa shape index (κ2) is 10.5. The SMILES string of the molecule is Cc1ncn(-c2cc(Cl)c(C(=O)NCC(c3cccc(F)c3)c3ccc4c(C)ccc(F)c4n3)c(Cl)c2)n1. The Hall–Kier alpha value is -3.88. The lowest BCUT2D eigenvalue weighted by atomic mass is 9.94. The third-order valence-corrected chi connectivity index (χ3v) is 6.84. The van der Waals surface area contributed by atoms with Crippen LogP contribution in [0.2, 0.25) is 10.0 Å². The molecule has 1 N–H and O–H groups in total. The van der Waals surface area contributed by atoms with Crippen LogP contribution in [0.4, 0.5) is 8.78 Å². The zero-order valence-corrected chi connectivity index (χ0v) is 21.9. The third kappa shape index (κ3) is 5.10. The molecule has 0 bridgehead atoms. The lowest BCUT2D eigenvalue weighted by molar-refractivity contribution is 0.0952. The lowest BCUT2D eigenvalue weighted by Crippen LogP contribution is -2.30. The predicted molar refractivity (Wildman–Crippen MR) is 143 cm³/mol. The Morgan fingerprint density at radius 1 is 1.03 bits per heavy atom. The zero-order chi connectivity index (χ0) is 27.0. The number of hydrogen-bond acceptors (Lipinski definition) is 4. The standard InChI is InChI=1S/C28H21Cl2F2N5O/c1-15-6-8-24(32)27-20(15)7-9-25(35-27)21(17-4-3-5-18(31)10-17)13-33-28(38)26-22(29)11-19(12-23(26)30)37-14-34-16(2)36-37/h3-12,14,21H,13H2,1-2H3,(H,33,38). The van der Waals surface area contributed by atoms with Crippen LogP contribution in [0.25, 0.3) is 16.6 Å². The predicted octanol–water partition coefficient (Wildman–Crippen LogP) is 6.58. The first kappa shape index (κ1) is 25.8. The van der Waals surface area contributed by atoms with Gasteiger partial charge in [-0.25, -0.2) is 23.4 Å². The van der Waals surface area contributed by atoms with Crippen molar-refractivity contribution in [3.63, 3.8) is 0 Å². The average Bonchev–Trinajstić information content (AvgIpc) is 3.32. The first-order valence-electron chi connectivity index (χ1n) is 11.7. The van der Waals surface area contributed by atoms with Gasteiger partial charge in [0.1, 0.15) is 29.3 Å². The smallest absolute Gasteiger partial charge is 0.254 e.